The molecule has 0 fully saturated rings. The molecule has 2 heterocycles. The molecule has 0 aromatic carbocycles. The first-order valence-electron chi connectivity index (χ1n) is 5.68. The number of hydrogen-bond donors (Lipinski definition) is 1. The van der Waals surface area contributed by atoms with E-state index in [0.717, 1.165) is 30.0 Å². The van der Waals surface area contributed by atoms with Crippen LogP contribution in [0.3, 0.4) is 0 Å². The van der Waals surface area contributed by atoms with Gasteiger partial charge in [0.05, 0.1) is 5.69 Å². The van der Waals surface area contributed by atoms with Gasteiger partial charge >= 0.3 is 0 Å². The highest BCUT2D eigenvalue weighted by Gasteiger charge is 2.00. The van der Waals surface area contributed by atoms with Crippen molar-refractivity contribution in [3.63, 3.8) is 0 Å². The summed E-state index contributed by atoms with van der Waals surface area (Å²) in [6.07, 6.45) is 2.82. The first kappa shape index (κ1) is 11.6. The number of nitrogens with one attached hydrogen (secondary N) is 1. The molecular weight excluding hydrogens is 214 g/mol. The van der Waals surface area contributed by atoms with Crippen LogP contribution in [0.5, 0.6) is 0 Å². The van der Waals surface area contributed by atoms with Gasteiger partial charge in [-0.05, 0) is 26.0 Å². The van der Waals surface area contributed by atoms with E-state index < -0.39 is 0 Å². The molecule has 5 nitrogen and oxygen atoms in total. The molecule has 0 atom stereocenters. The van der Waals surface area contributed by atoms with Crippen molar-refractivity contribution in [2.75, 3.05) is 11.9 Å². The lowest BCUT2D eigenvalue weighted by Gasteiger charge is -2.05. The molecule has 2 aromatic rings. The second kappa shape index (κ2) is 4.95. The molecule has 0 saturated carbocycles. The van der Waals surface area contributed by atoms with Crippen molar-refractivity contribution in [1.29, 1.82) is 0 Å². The van der Waals surface area contributed by atoms with E-state index in [1.165, 1.54) is 0 Å². The monoisotopic (exact) mass is 231 g/mol. The van der Waals surface area contributed by atoms with Crippen LogP contribution in [0.1, 0.15) is 17.1 Å². The Labute approximate surface area is 101 Å². The van der Waals surface area contributed by atoms with E-state index in [-0.39, 0.29) is 0 Å². The van der Waals surface area contributed by atoms with Gasteiger partial charge in [-0.3, -0.25) is 4.68 Å². The van der Waals surface area contributed by atoms with E-state index in [0.29, 0.717) is 5.95 Å². The third-order valence-electron chi connectivity index (χ3n) is 2.42. The summed E-state index contributed by atoms with van der Waals surface area (Å²) >= 11 is 0. The van der Waals surface area contributed by atoms with Gasteiger partial charge in [0, 0.05) is 37.6 Å². The molecule has 0 radical (unpaired) electrons. The van der Waals surface area contributed by atoms with E-state index in [9.17, 15) is 0 Å². The zero-order valence-electron chi connectivity index (χ0n) is 10.4. The fraction of sp³-hybridized carbons (Fsp3) is 0.417. The van der Waals surface area contributed by atoms with Crippen LogP contribution in [0, 0.1) is 13.8 Å². The third kappa shape index (κ3) is 3.27. The number of hydrogen-bond acceptors (Lipinski definition) is 4. The number of nitrogens with zero attached hydrogens (tertiary/aromatic N) is 4. The molecule has 1 N–H and O–H groups in total. The van der Waals surface area contributed by atoms with E-state index in [1.54, 1.807) is 0 Å². The van der Waals surface area contributed by atoms with Crippen molar-refractivity contribution in [2.24, 2.45) is 7.05 Å². The minimum absolute atomic E-state index is 0.693. The van der Waals surface area contributed by atoms with Gasteiger partial charge in [-0.15, -0.1) is 0 Å². The summed E-state index contributed by atoms with van der Waals surface area (Å²) in [6.45, 7) is 4.73. The SMILES string of the molecule is Cc1cc(C)nc(NCCc2ccn(C)n2)n1. The van der Waals surface area contributed by atoms with E-state index >= 15 is 0 Å². The molecular formula is C12H17N5. The van der Waals surface area contributed by atoms with Crippen molar-refractivity contribution in [2.45, 2.75) is 20.3 Å². The molecule has 0 unspecified atom stereocenters. The van der Waals surface area contributed by atoms with E-state index in [1.807, 2.05) is 43.9 Å². The Kier molecular flexibility index (Phi) is 3.37. The van der Waals surface area contributed by atoms with E-state index in [4.69, 9.17) is 0 Å². The van der Waals surface area contributed by atoms with Crippen LogP contribution < -0.4 is 5.32 Å². The fourth-order valence-corrected chi connectivity index (χ4v) is 1.70. The van der Waals surface area contributed by atoms with Crippen LogP contribution in [-0.4, -0.2) is 26.3 Å². The van der Waals surface area contributed by atoms with Crippen LogP contribution in [-0.2, 0) is 13.5 Å². The Morgan fingerprint density at radius 2 is 1.94 bits per heavy atom. The maximum atomic E-state index is 4.32. The molecule has 0 spiro atoms. The Balaban J connectivity index is 1.89. The van der Waals surface area contributed by atoms with Crippen molar-refractivity contribution in [1.82, 2.24) is 19.7 Å². The van der Waals surface area contributed by atoms with Gasteiger partial charge in [-0.2, -0.15) is 5.10 Å². The highest BCUT2D eigenvalue weighted by molar-refractivity contribution is 5.27. The Morgan fingerprint density at radius 1 is 1.24 bits per heavy atom. The van der Waals surface area contributed by atoms with Crippen LogP contribution in [0.2, 0.25) is 0 Å². The molecule has 17 heavy (non-hydrogen) atoms. The topological polar surface area (TPSA) is 55.6 Å². The molecule has 0 aliphatic heterocycles. The van der Waals surface area contributed by atoms with Gasteiger partial charge in [0.15, 0.2) is 0 Å². The van der Waals surface area contributed by atoms with Crippen molar-refractivity contribution in [3.05, 3.63) is 35.4 Å². The maximum absolute atomic E-state index is 4.32. The normalized spacial score (nSPS) is 10.5. The summed E-state index contributed by atoms with van der Waals surface area (Å²) in [5.74, 6) is 0.693. The highest BCUT2D eigenvalue weighted by Crippen LogP contribution is 2.04. The average Bonchev–Trinajstić information content (AvgIpc) is 2.63. The second-order valence-corrected chi connectivity index (χ2v) is 4.13. The molecule has 0 aliphatic rings. The zero-order chi connectivity index (χ0) is 12.3. The Hall–Kier alpha value is -1.91. The summed E-state index contributed by atoms with van der Waals surface area (Å²) < 4.78 is 1.81. The van der Waals surface area contributed by atoms with Crippen LogP contribution in [0.4, 0.5) is 5.95 Å². The molecule has 5 heteroatoms. The van der Waals surface area contributed by atoms with Gasteiger partial charge < -0.3 is 5.32 Å². The van der Waals surface area contributed by atoms with Crippen LogP contribution in [0.15, 0.2) is 18.3 Å². The maximum Gasteiger partial charge on any atom is 0.223 e. The minimum atomic E-state index is 0.693. The Bertz CT molecular complexity index is 483. The Morgan fingerprint density at radius 3 is 2.53 bits per heavy atom. The molecule has 2 aromatic heterocycles. The number of aryl methyl sites for hydroxylation is 3. The van der Waals surface area contributed by atoms with Crippen molar-refractivity contribution in [3.8, 4) is 0 Å². The summed E-state index contributed by atoms with van der Waals surface area (Å²) in [5.41, 5.74) is 3.04. The molecule has 90 valence electrons. The van der Waals surface area contributed by atoms with Gasteiger partial charge in [0.2, 0.25) is 5.95 Å². The van der Waals surface area contributed by atoms with E-state index in [2.05, 4.69) is 20.4 Å². The molecule has 0 aliphatic carbocycles. The highest BCUT2D eigenvalue weighted by atomic mass is 15.2. The standard InChI is InChI=1S/C12H17N5/c1-9-8-10(2)15-12(14-9)13-6-4-11-5-7-17(3)16-11/h5,7-8H,4,6H2,1-3H3,(H,13,14,15). The first-order valence-corrected chi connectivity index (χ1v) is 5.68. The fourth-order valence-electron chi connectivity index (χ4n) is 1.70. The van der Waals surface area contributed by atoms with Gasteiger partial charge in [0.25, 0.3) is 0 Å². The lowest BCUT2D eigenvalue weighted by atomic mass is 10.3. The predicted molar refractivity (Wildman–Crippen MR) is 66.9 cm³/mol. The summed E-state index contributed by atoms with van der Waals surface area (Å²) in [5, 5.41) is 7.53. The van der Waals surface area contributed by atoms with Gasteiger partial charge in [-0.25, -0.2) is 9.97 Å². The van der Waals surface area contributed by atoms with Gasteiger partial charge in [0.1, 0.15) is 0 Å². The lowest BCUT2D eigenvalue weighted by Crippen LogP contribution is -2.09. The molecule has 0 amide bonds. The lowest BCUT2D eigenvalue weighted by molar-refractivity contribution is 0.741. The predicted octanol–water partition coefficient (Wildman–Crippen LogP) is 1.48. The minimum Gasteiger partial charge on any atom is -0.354 e. The van der Waals surface area contributed by atoms with Crippen molar-refractivity contribution < 1.29 is 0 Å². The van der Waals surface area contributed by atoms with Crippen LogP contribution >= 0.6 is 0 Å². The summed E-state index contributed by atoms with van der Waals surface area (Å²) in [4.78, 5) is 8.65. The average molecular weight is 231 g/mol. The number of aromatic nitrogens is 4. The summed E-state index contributed by atoms with van der Waals surface area (Å²) in [6, 6.07) is 3.98. The third-order valence-corrected chi connectivity index (χ3v) is 2.42. The molecule has 0 bridgehead atoms. The smallest absolute Gasteiger partial charge is 0.223 e. The second-order valence-electron chi connectivity index (χ2n) is 4.13. The quantitative estimate of drug-likeness (QED) is 0.866. The molecule has 2 rings (SSSR count). The van der Waals surface area contributed by atoms with Crippen molar-refractivity contribution >= 4 is 5.95 Å². The number of rotatable bonds is 4. The summed E-state index contributed by atoms with van der Waals surface area (Å²) in [7, 11) is 1.92. The first-order chi connectivity index (χ1) is 8.13. The number of anilines is 1. The molecule has 0 saturated heterocycles. The largest absolute Gasteiger partial charge is 0.354 e. The van der Waals surface area contributed by atoms with Gasteiger partial charge in [-0.1, -0.05) is 0 Å². The zero-order valence-corrected chi connectivity index (χ0v) is 10.4. The van der Waals surface area contributed by atoms with Crippen LogP contribution in [0.25, 0.3) is 0 Å².